The molecule has 0 amide bonds. The normalized spacial score (nSPS) is 17.8. The number of hydrogen-bond donors (Lipinski definition) is 0. The van der Waals surface area contributed by atoms with Crippen LogP contribution >= 0.6 is 31.9 Å². The van der Waals surface area contributed by atoms with E-state index in [2.05, 4.69) is 31.9 Å². The second kappa shape index (κ2) is 5.86. The summed E-state index contributed by atoms with van der Waals surface area (Å²) in [6.07, 6.45) is 5.79. The molecule has 0 N–H and O–H groups in total. The number of halogens is 2. The maximum atomic E-state index is 12.1. The third kappa shape index (κ3) is 3.04. The van der Waals surface area contributed by atoms with Crippen LogP contribution in [0.25, 0.3) is 8.96 Å². The van der Waals surface area contributed by atoms with Gasteiger partial charge in [-0.1, -0.05) is 31.9 Å². The molecule has 0 radical (unpaired) electrons. The zero-order chi connectivity index (χ0) is 17.9. The van der Waals surface area contributed by atoms with Crippen LogP contribution in [0.15, 0.2) is 24.3 Å². The average molecular weight is 498 g/mol. The predicted molar refractivity (Wildman–Crippen MR) is 105 cm³/mol. The zero-order valence-corrected chi connectivity index (χ0v) is 17.6. The standard InChI is InChI=1S/C14H14Br2N2O4S2/c1-23(19,20)17-5-3-11(15)9-8-14-10(7-13(9)17)12(16)4-6-18(14)24(2,21)22/h3-4,7-8H,5-6H2,1-2H3. The Labute approximate surface area is 158 Å². The van der Waals surface area contributed by atoms with Crippen LogP contribution in [0.4, 0.5) is 11.4 Å². The minimum atomic E-state index is -3.45. The van der Waals surface area contributed by atoms with Gasteiger partial charge in [0.25, 0.3) is 0 Å². The summed E-state index contributed by atoms with van der Waals surface area (Å²) in [6, 6.07) is 3.41. The topological polar surface area (TPSA) is 74.8 Å². The first-order valence-electron chi connectivity index (χ1n) is 6.85. The summed E-state index contributed by atoms with van der Waals surface area (Å²) in [7, 11) is -6.89. The van der Waals surface area contributed by atoms with Gasteiger partial charge in [0.1, 0.15) is 0 Å². The maximum absolute atomic E-state index is 12.1. The molecule has 0 saturated carbocycles. The highest BCUT2D eigenvalue weighted by atomic mass is 79.9. The molecule has 3 rings (SSSR count). The van der Waals surface area contributed by atoms with E-state index >= 15 is 0 Å². The number of rotatable bonds is 2. The first kappa shape index (κ1) is 18.0. The monoisotopic (exact) mass is 496 g/mol. The summed E-state index contributed by atoms with van der Waals surface area (Å²) in [4.78, 5) is 0. The number of fused-ring (bicyclic) bond motifs is 2. The fourth-order valence-electron chi connectivity index (χ4n) is 2.74. The molecular formula is C14H14Br2N2O4S2. The molecule has 2 aliphatic rings. The van der Waals surface area contributed by atoms with Crippen LogP contribution < -0.4 is 8.61 Å². The summed E-state index contributed by atoms with van der Waals surface area (Å²) < 4.78 is 52.4. The third-order valence-corrected chi connectivity index (χ3v) is 7.63. The Morgan fingerprint density at radius 1 is 0.792 bits per heavy atom. The van der Waals surface area contributed by atoms with Gasteiger partial charge in [-0.05, 0) is 24.3 Å². The van der Waals surface area contributed by atoms with Gasteiger partial charge in [0.2, 0.25) is 20.0 Å². The minimum absolute atomic E-state index is 0.225. The number of nitrogens with zero attached hydrogens (tertiary/aromatic N) is 2. The molecular weight excluding hydrogens is 484 g/mol. The van der Waals surface area contributed by atoms with Crippen LogP contribution in [0.1, 0.15) is 11.1 Å². The molecule has 1 aromatic rings. The summed E-state index contributed by atoms with van der Waals surface area (Å²) >= 11 is 6.88. The van der Waals surface area contributed by atoms with Gasteiger partial charge in [0.05, 0.1) is 37.0 Å². The van der Waals surface area contributed by atoms with E-state index in [0.29, 0.717) is 22.5 Å². The molecule has 0 fully saturated rings. The first-order valence-corrected chi connectivity index (χ1v) is 12.1. The molecule has 0 saturated heterocycles. The van der Waals surface area contributed by atoms with E-state index in [4.69, 9.17) is 0 Å². The van der Waals surface area contributed by atoms with Crippen molar-refractivity contribution in [3.05, 3.63) is 35.4 Å². The molecule has 0 aliphatic carbocycles. The Balaban J connectivity index is 2.31. The van der Waals surface area contributed by atoms with Crippen LogP contribution in [-0.2, 0) is 20.0 Å². The van der Waals surface area contributed by atoms with E-state index in [0.717, 1.165) is 21.5 Å². The molecule has 6 nitrogen and oxygen atoms in total. The highest BCUT2D eigenvalue weighted by Gasteiger charge is 2.30. The van der Waals surface area contributed by atoms with Crippen molar-refractivity contribution >= 4 is 72.2 Å². The predicted octanol–water partition coefficient (Wildman–Crippen LogP) is 2.72. The van der Waals surface area contributed by atoms with Gasteiger partial charge in [0, 0.05) is 20.1 Å². The molecule has 0 spiro atoms. The van der Waals surface area contributed by atoms with Crippen molar-refractivity contribution in [3.8, 4) is 0 Å². The summed E-state index contributed by atoms with van der Waals surface area (Å²) in [6.45, 7) is 0.449. The van der Waals surface area contributed by atoms with Crippen molar-refractivity contribution in [1.82, 2.24) is 0 Å². The van der Waals surface area contributed by atoms with Crippen molar-refractivity contribution in [3.63, 3.8) is 0 Å². The van der Waals surface area contributed by atoms with E-state index in [9.17, 15) is 16.8 Å². The van der Waals surface area contributed by atoms with Crippen LogP contribution in [0.2, 0.25) is 0 Å². The molecule has 0 unspecified atom stereocenters. The molecule has 10 heteroatoms. The van der Waals surface area contributed by atoms with Crippen LogP contribution in [0.5, 0.6) is 0 Å². The van der Waals surface area contributed by atoms with Gasteiger partial charge in [-0.25, -0.2) is 16.8 Å². The highest BCUT2D eigenvalue weighted by molar-refractivity contribution is 9.15. The van der Waals surface area contributed by atoms with Crippen molar-refractivity contribution in [2.45, 2.75) is 0 Å². The number of anilines is 2. The SMILES string of the molecule is CS(=O)(=O)N1CC=C(Br)c2cc3c(cc21)C(Br)=CCN3S(C)(=O)=O. The van der Waals surface area contributed by atoms with Gasteiger partial charge in [0.15, 0.2) is 0 Å². The lowest BCUT2D eigenvalue weighted by atomic mass is 10.0. The Morgan fingerprint density at radius 2 is 1.12 bits per heavy atom. The Bertz CT molecular complexity index is 916. The van der Waals surface area contributed by atoms with E-state index in [1.165, 1.54) is 8.61 Å². The second-order valence-corrected chi connectivity index (χ2v) is 11.1. The lowest BCUT2D eigenvalue weighted by molar-refractivity contribution is 0.596. The summed E-state index contributed by atoms with van der Waals surface area (Å²) in [5, 5.41) is 0. The largest absolute Gasteiger partial charge is 0.266 e. The summed E-state index contributed by atoms with van der Waals surface area (Å²) in [5.74, 6) is 0. The molecule has 2 heterocycles. The van der Waals surface area contributed by atoms with Crippen molar-refractivity contribution in [1.29, 1.82) is 0 Å². The van der Waals surface area contributed by atoms with Crippen molar-refractivity contribution < 1.29 is 16.8 Å². The molecule has 0 aromatic heterocycles. The van der Waals surface area contributed by atoms with Gasteiger partial charge in [-0.2, -0.15) is 0 Å². The maximum Gasteiger partial charge on any atom is 0.232 e. The van der Waals surface area contributed by atoms with E-state index in [1.54, 1.807) is 24.3 Å². The Morgan fingerprint density at radius 3 is 1.42 bits per heavy atom. The smallest absolute Gasteiger partial charge is 0.232 e. The zero-order valence-electron chi connectivity index (χ0n) is 12.8. The van der Waals surface area contributed by atoms with Crippen LogP contribution in [-0.4, -0.2) is 42.4 Å². The quantitative estimate of drug-likeness (QED) is 0.629. The lowest BCUT2D eigenvalue weighted by Gasteiger charge is -2.33. The molecule has 0 bridgehead atoms. The molecule has 24 heavy (non-hydrogen) atoms. The fourth-order valence-corrected chi connectivity index (χ4v) is 5.37. The molecule has 130 valence electrons. The fraction of sp³-hybridized carbons (Fsp3) is 0.286. The Kier molecular flexibility index (Phi) is 4.38. The molecule has 0 atom stereocenters. The van der Waals surface area contributed by atoms with E-state index in [-0.39, 0.29) is 13.1 Å². The number of sulfonamides is 2. The molecule has 2 aliphatic heterocycles. The second-order valence-electron chi connectivity index (χ2n) is 5.58. The first-order chi connectivity index (χ1) is 11.0. The number of benzene rings is 1. The van der Waals surface area contributed by atoms with Gasteiger partial charge in [-0.15, -0.1) is 0 Å². The third-order valence-electron chi connectivity index (χ3n) is 3.84. The van der Waals surface area contributed by atoms with E-state index in [1.807, 2.05) is 0 Å². The van der Waals surface area contributed by atoms with Crippen molar-refractivity contribution in [2.24, 2.45) is 0 Å². The summed E-state index contributed by atoms with van der Waals surface area (Å²) in [5.41, 5.74) is 2.32. The van der Waals surface area contributed by atoms with Gasteiger partial charge in [-0.3, -0.25) is 8.61 Å². The lowest BCUT2D eigenvalue weighted by Crippen LogP contribution is -2.35. The van der Waals surface area contributed by atoms with Crippen LogP contribution in [0, 0.1) is 0 Å². The average Bonchev–Trinajstić information content (AvgIpc) is 2.44. The van der Waals surface area contributed by atoms with Crippen LogP contribution in [0.3, 0.4) is 0 Å². The minimum Gasteiger partial charge on any atom is -0.266 e. The van der Waals surface area contributed by atoms with Gasteiger partial charge < -0.3 is 0 Å². The van der Waals surface area contributed by atoms with E-state index < -0.39 is 20.0 Å². The molecule has 1 aromatic carbocycles. The highest BCUT2D eigenvalue weighted by Crippen LogP contribution is 2.45. The van der Waals surface area contributed by atoms with Gasteiger partial charge >= 0.3 is 0 Å². The van der Waals surface area contributed by atoms with Crippen molar-refractivity contribution in [2.75, 3.05) is 34.2 Å². The number of hydrogen-bond acceptors (Lipinski definition) is 4. The Hall–Kier alpha value is -0.840.